The summed E-state index contributed by atoms with van der Waals surface area (Å²) in [6, 6.07) is 12.4. The average Bonchev–Trinajstić information content (AvgIpc) is 3.20. The maximum Gasteiger partial charge on any atom is 0.268 e. The van der Waals surface area contributed by atoms with Gasteiger partial charge in [0, 0.05) is 19.3 Å². The van der Waals surface area contributed by atoms with E-state index in [0.29, 0.717) is 30.4 Å². The number of thiophene rings is 1. The van der Waals surface area contributed by atoms with E-state index in [9.17, 15) is 13.2 Å². The number of nitrogens with zero attached hydrogens (tertiary/aromatic N) is 2. The van der Waals surface area contributed by atoms with Crippen molar-refractivity contribution in [3.63, 3.8) is 0 Å². The minimum atomic E-state index is -3.79. The van der Waals surface area contributed by atoms with E-state index in [1.54, 1.807) is 17.5 Å². The molecule has 28 heavy (non-hydrogen) atoms. The van der Waals surface area contributed by atoms with Gasteiger partial charge < -0.3 is 5.32 Å². The number of carbonyl (C=O) groups excluding carboxylic acids is 1. The van der Waals surface area contributed by atoms with Gasteiger partial charge in [-0.15, -0.1) is 11.3 Å². The van der Waals surface area contributed by atoms with E-state index in [4.69, 9.17) is 11.6 Å². The molecule has 0 radical (unpaired) electrons. The molecule has 1 aromatic carbocycles. The minimum Gasteiger partial charge on any atom is -0.306 e. The fraction of sp³-hybridized carbons (Fsp3) is 0.158. The molecule has 3 aromatic rings. The Kier molecular flexibility index (Phi) is 5.20. The van der Waals surface area contributed by atoms with E-state index in [0.717, 1.165) is 22.5 Å². The Hall–Kier alpha value is -2.26. The topological polar surface area (TPSA) is 79.4 Å². The highest BCUT2D eigenvalue weighted by Gasteiger charge is 2.32. The highest BCUT2D eigenvalue weighted by molar-refractivity contribution is 7.89. The zero-order valence-corrected chi connectivity index (χ0v) is 17.0. The lowest BCUT2D eigenvalue weighted by Gasteiger charge is -2.28. The summed E-state index contributed by atoms with van der Waals surface area (Å²) in [4.78, 5) is 16.8. The smallest absolute Gasteiger partial charge is 0.268 e. The largest absolute Gasteiger partial charge is 0.306 e. The Morgan fingerprint density at radius 1 is 1.14 bits per heavy atom. The van der Waals surface area contributed by atoms with Crippen LogP contribution >= 0.6 is 22.9 Å². The van der Waals surface area contributed by atoms with Crippen molar-refractivity contribution in [3.8, 4) is 0 Å². The lowest BCUT2D eigenvalue weighted by Crippen LogP contribution is -2.36. The number of hydrogen-bond acceptors (Lipinski definition) is 5. The third-order valence-corrected chi connectivity index (χ3v) is 7.67. The summed E-state index contributed by atoms with van der Waals surface area (Å²) >= 11 is 6.88. The Morgan fingerprint density at radius 2 is 1.93 bits per heavy atom. The van der Waals surface area contributed by atoms with Crippen LogP contribution in [0.3, 0.4) is 0 Å². The van der Waals surface area contributed by atoms with Crippen molar-refractivity contribution in [1.29, 1.82) is 0 Å². The summed E-state index contributed by atoms with van der Waals surface area (Å²) in [5, 5.41) is 4.67. The number of anilines is 1. The summed E-state index contributed by atoms with van der Waals surface area (Å²) in [6.07, 6.45) is 2.06. The van der Waals surface area contributed by atoms with Gasteiger partial charge in [-0.2, -0.15) is 4.31 Å². The molecule has 0 aliphatic carbocycles. The molecule has 9 heteroatoms. The third-order valence-electron chi connectivity index (χ3n) is 4.52. The van der Waals surface area contributed by atoms with Crippen LogP contribution < -0.4 is 5.32 Å². The van der Waals surface area contributed by atoms with E-state index < -0.39 is 15.9 Å². The van der Waals surface area contributed by atoms with E-state index >= 15 is 0 Å². The molecule has 0 fully saturated rings. The molecule has 3 heterocycles. The highest BCUT2D eigenvalue weighted by Crippen LogP contribution is 2.29. The first kappa shape index (κ1) is 19.1. The predicted octanol–water partition coefficient (Wildman–Crippen LogP) is 3.80. The molecule has 144 valence electrons. The van der Waals surface area contributed by atoms with Crippen molar-refractivity contribution in [3.05, 3.63) is 75.1 Å². The maximum absolute atomic E-state index is 13.2. The van der Waals surface area contributed by atoms with Crippen molar-refractivity contribution in [2.45, 2.75) is 17.9 Å². The normalized spacial score (nSPS) is 14.5. The monoisotopic (exact) mass is 433 g/mol. The van der Waals surface area contributed by atoms with Crippen LogP contribution in [-0.4, -0.2) is 30.2 Å². The van der Waals surface area contributed by atoms with E-state index in [1.165, 1.54) is 16.6 Å². The van der Waals surface area contributed by atoms with Crippen LogP contribution in [0.4, 0.5) is 5.82 Å². The molecule has 0 spiro atoms. The van der Waals surface area contributed by atoms with Gasteiger partial charge in [0.05, 0.1) is 5.02 Å². The quantitative estimate of drug-likeness (QED) is 0.678. The van der Waals surface area contributed by atoms with Crippen molar-refractivity contribution in [1.82, 2.24) is 9.29 Å². The van der Waals surface area contributed by atoms with Crippen LogP contribution in [0.25, 0.3) is 0 Å². The van der Waals surface area contributed by atoms with E-state index in [1.807, 2.05) is 24.3 Å². The molecule has 0 atom stereocenters. The summed E-state index contributed by atoms with van der Waals surface area (Å²) in [5.74, 6) is -0.209. The fourth-order valence-corrected chi connectivity index (χ4v) is 5.93. The number of carbonyl (C=O) groups is 1. The van der Waals surface area contributed by atoms with Crippen LogP contribution in [0.5, 0.6) is 0 Å². The van der Waals surface area contributed by atoms with Crippen molar-refractivity contribution in [2.75, 3.05) is 11.9 Å². The van der Waals surface area contributed by atoms with Crippen LogP contribution in [0.15, 0.2) is 58.9 Å². The Labute approximate surface area is 171 Å². The molecule has 1 amide bonds. The first-order chi connectivity index (χ1) is 13.4. The zero-order valence-electron chi connectivity index (χ0n) is 14.6. The van der Waals surface area contributed by atoms with Gasteiger partial charge in [-0.25, -0.2) is 13.4 Å². The number of rotatable bonds is 4. The molecule has 1 aliphatic rings. The SMILES string of the molecule is O=C(Nc1ccc(Cl)cn1)c1sccc1S(=O)(=O)N1CCc2ccccc2C1. The van der Waals surface area contributed by atoms with Gasteiger partial charge in [-0.1, -0.05) is 35.9 Å². The van der Waals surface area contributed by atoms with Crippen molar-refractivity contribution >= 4 is 44.7 Å². The fourth-order valence-electron chi connectivity index (χ4n) is 3.10. The Bertz CT molecular complexity index is 1130. The van der Waals surface area contributed by atoms with Crippen molar-refractivity contribution in [2.24, 2.45) is 0 Å². The van der Waals surface area contributed by atoms with Gasteiger partial charge in [0.1, 0.15) is 15.6 Å². The molecule has 1 N–H and O–H groups in total. The van der Waals surface area contributed by atoms with Gasteiger partial charge >= 0.3 is 0 Å². The second kappa shape index (κ2) is 7.63. The maximum atomic E-state index is 13.2. The summed E-state index contributed by atoms with van der Waals surface area (Å²) in [5.41, 5.74) is 2.15. The van der Waals surface area contributed by atoms with Gasteiger partial charge in [0.2, 0.25) is 10.0 Å². The lowest BCUT2D eigenvalue weighted by atomic mass is 10.0. The number of halogens is 1. The van der Waals surface area contributed by atoms with Gasteiger partial charge in [-0.05, 0) is 41.1 Å². The molecule has 0 unspecified atom stereocenters. The highest BCUT2D eigenvalue weighted by atomic mass is 35.5. The lowest BCUT2D eigenvalue weighted by molar-refractivity contribution is 0.102. The number of fused-ring (bicyclic) bond motifs is 1. The summed E-state index contributed by atoms with van der Waals surface area (Å²) in [6.45, 7) is 0.684. The minimum absolute atomic E-state index is 0.0170. The number of nitrogens with one attached hydrogen (secondary N) is 1. The molecule has 4 rings (SSSR count). The van der Waals surface area contributed by atoms with Crippen LogP contribution in [0.1, 0.15) is 20.8 Å². The van der Waals surface area contributed by atoms with Gasteiger partial charge in [0.15, 0.2) is 0 Å². The summed E-state index contributed by atoms with van der Waals surface area (Å²) in [7, 11) is -3.79. The number of benzene rings is 1. The molecular weight excluding hydrogens is 418 g/mol. The average molecular weight is 434 g/mol. The first-order valence-electron chi connectivity index (χ1n) is 8.52. The summed E-state index contributed by atoms with van der Waals surface area (Å²) < 4.78 is 27.8. The molecule has 2 aromatic heterocycles. The molecule has 6 nitrogen and oxygen atoms in total. The van der Waals surface area contributed by atoms with Crippen molar-refractivity contribution < 1.29 is 13.2 Å². The van der Waals surface area contributed by atoms with E-state index in [2.05, 4.69) is 10.3 Å². The number of aromatic nitrogens is 1. The molecule has 0 saturated carbocycles. The Balaban J connectivity index is 1.59. The van der Waals surface area contributed by atoms with Crippen LogP contribution in [-0.2, 0) is 23.0 Å². The standard InChI is InChI=1S/C19H16ClN3O3S2/c20-15-5-6-17(21-11-15)22-19(24)18-16(8-10-27-18)28(25,26)23-9-7-13-3-1-2-4-14(13)12-23/h1-6,8,10-11H,7,9,12H2,(H,21,22,24). The third kappa shape index (κ3) is 3.68. The van der Waals surface area contributed by atoms with Crippen LogP contribution in [0.2, 0.25) is 5.02 Å². The second-order valence-electron chi connectivity index (χ2n) is 6.29. The molecular formula is C19H16ClN3O3S2. The zero-order chi connectivity index (χ0) is 19.7. The number of sulfonamides is 1. The van der Waals surface area contributed by atoms with Crippen LogP contribution in [0, 0.1) is 0 Å². The Morgan fingerprint density at radius 3 is 2.68 bits per heavy atom. The van der Waals surface area contributed by atoms with E-state index in [-0.39, 0.29) is 9.77 Å². The number of hydrogen-bond donors (Lipinski definition) is 1. The van der Waals surface area contributed by atoms with Gasteiger partial charge in [0.25, 0.3) is 5.91 Å². The number of amides is 1. The predicted molar refractivity (Wildman–Crippen MR) is 109 cm³/mol. The second-order valence-corrected chi connectivity index (χ2v) is 9.55. The van der Waals surface area contributed by atoms with Gasteiger partial charge in [-0.3, -0.25) is 4.79 Å². The molecule has 1 aliphatic heterocycles. The number of pyridine rings is 1. The first-order valence-corrected chi connectivity index (χ1v) is 11.2. The molecule has 0 bridgehead atoms. The molecule has 0 saturated heterocycles.